The van der Waals surface area contributed by atoms with Crippen molar-refractivity contribution in [1.29, 1.82) is 0 Å². The summed E-state index contributed by atoms with van der Waals surface area (Å²) in [5.41, 5.74) is 4.55. The van der Waals surface area contributed by atoms with E-state index < -0.39 is 17.5 Å². The summed E-state index contributed by atoms with van der Waals surface area (Å²) in [6.45, 7) is 1.10. The molecule has 1 aliphatic heterocycles. The first-order valence-corrected chi connectivity index (χ1v) is 6.72. The third-order valence-corrected chi connectivity index (χ3v) is 3.34. The molecule has 0 bridgehead atoms. The van der Waals surface area contributed by atoms with Gasteiger partial charge >= 0.3 is 0 Å². The number of halogens is 2. The van der Waals surface area contributed by atoms with Gasteiger partial charge in [-0.2, -0.15) is 0 Å². The highest BCUT2D eigenvalue weighted by Gasteiger charge is 2.17. The van der Waals surface area contributed by atoms with Gasteiger partial charge in [0.05, 0.1) is 17.4 Å². The molecule has 1 atom stereocenters. The quantitative estimate of drug-likeness (QED) is 0.833. The fourth-order valence-electron chi connectivity index (χ4n) is 2.25. The van der Waals surface area contributed by atoms with Gasteiger partial charge in [0.1, 0.15) is 5.82 Å². The molecule has 20 heavy (non-hydrogen) atoms. The average Bonchev–Trinajstić information content (AvgIpc) is 2.44. The van der Waals surface area contributed by atoms with Crippen molar-refractivity contribution in [2.75, 3.05) is 18.9 Å². The van der Waals surface area contributed by atoms with E-state index in [2.05, 4.69) is 5.32 Å². The van der Waals surface area contributed by atoms with E-state index in [0.29, 0.717) is 13.0 Å². The first-order chi connectivity index (χ1) is 9.58. The summed E-state index contributed by atoms with van der Waals surface area (Å²) in [7, 11) is 0. The number of anilines is 1. The Bertz CT molecular complexity index is 488. The molecule has 0 spiro atoms. The lowest BCUT2D eigenvalue weighted by atomic mass is 10.1. The van der Waals surface area contributed by atoms with Crippen LogP contribution in [0.3, 0.4) is 0 Å². The molecule has 1 aromatic rings. The second kappa shape index (κ2) is 6.65. The van der Waals surface area contributed by atoms with E-state index in [9.17, 15) is 13.6 Å². The van der Waals surface area contributed by atoms with Crippen molar-refractivity contribution < 1.29 is 18.3 Å². The molecule has 1 saturated heterocycles. The molecule has 6 heteroatoms. The average molecular weight is 284 g/mol. The Morgan fingerprint density at radius 2 is 2.20 bits per heavy atom. The van der Waals surface area contributed by atoms with Crippen molar-refractivity contribution in [3.8, 4) is 0 Å². The maximum absolute atomic E-state index is 13.6. The van der Waals surface area contributed by atoms with Crippen LogP contribution in [0.25, 0.3) is 0 Å². The molecule has 1 aliphatic rings. The van der Waals surface area contributed by atoms with Gasteiger partial charge in [-0.1, -0.05) is 0 Å². The number of carbonyl (C=O) groups is 1. The minimum absolute atomic E-state index is 0.131. The number of nitrogen functional groups attached to an aromatic ring is 1. The second-order valence-electron chi connectivity index (χ2n) is 4.89. The highest BCUT2D eigenvalue weighted by Crippen LogP contribution is 2.18. The van der Waals surface area contributed by atoms with Crippen molar-refractivity contribution in [2.24, 2.45) is 0 Å². The fraction of sp³-hybridized carbons (Fsp3) is 0.500. The van der Waals surface area contributed by atoms with Gasteiger partial charge in [0, 0.05) is 13.2 Å². The minimum Gasteiger partial charge on any atom is -0.396 e. The molecule has 110 valence electrons. The zero-order chi connectivity index (χ0) is 14.5. The predicted molar refractivity (Wildman–Crippen MR) is 71.3 cm³/mol. The van der Waals surface area contributed by atoms with Crippen LogP contribution in [0, 0.1) is 11.6 Å². The molecule has 0 saturated carbocycles. The van der Waals surface area contributed by atoms with E-state index in [-0.39, 0.29) is 17.4 Å². The number of carbonyl (C=O) groups excluding carboxylic acids is 1. The topological polar surface area (TPSA) is 64.4 Å². The van der Waals surface area contributed by atoms with Gasteiger partial charge in [0.15, 0.2) is 5.82 Å². The van der Waals surface area contributed by atoms with Crippen molar-refractivity contribution in [3.63, 3.8) is 0 Å². The third kappa shape index (κ3) is 3.66. The van der Waals surface area contributed by atoms with E-state index in [4.69, 9.17) is 10.5 Å². The molecule has 1 fully saturated rings. The predicted octanol–water partition coefficient (Wildman–Crippen LogP) is 2.24. The largest absolute Gasteiger partial charge is 0.396 e. The van der Waals surface area contributed by atoms with Gasteiger partial charge in [-0.05, 0) is 37.8 Å². The summed E-state index contributed by atoms with van der Waals surface area (Å²) in [5, 5.41) is 2.56. The second-order valence-corrected chi connectivity index (χ2v) is 4.89. The summed E-state index contributed by atoms with van der Waals surface area (Å²) in [6.07, 6.45) is 3.95. The van der Waals surface area contributed by atoms with E-state index in [1.165, 1.54) is 0 Å². The molecule has 1 aromatic carbocycles. The number of nitrogens with two attached hydrogens (primary N) is 1. The Morgan fingerprint density at radius 1 is 1.40 bits per heavy atom. The van der Waals surface area contributed by atoms with Gasteiger partial charge in [-0.3, -0.25) is 4.79 Å². The van der Waals surface area contributed by atoms with Crippen LogP contribution in [0.1, 0.15) is 36.0 Å². The zero-order valence-electron chi connectivity index (χ0n) is 11.1. The van der Waals surface area contributed by atoms with Crippen LogP contribution in [0.4, 0.5) is 14.5 Å². The van der Waals surface area contributed by atoms with Crippen molar-refractivity contribution >= 4 is 11.6 Å². The Hall–Kier alpha value is -1.69. The third-order valence-electron chi connectivity index (χ3n) is 3.34. The fourth-order valence-corrected chi connectivity index (χ4v) is 2.25. The molecule has 0 aliphatic carbocycles. The summed E-state index contributed by atoms with van der Waals surface area (Å²) < 4.78 is 32.3. The molecule has 3 N–H and O–H groups in total. The summed E-state index contributed by atoms with van der Waals surface area (Å²) in [4.78, 5) is 11.8. The molecule has 1 amide bonds. The number of amides is 1. The van der Waals surface area contributed by atoms with E-state index in [0.717, 1.165) is 38.0 Å². The van der Waals surface area contributed by atoms with Crippen LogP contribution in [0.5, 0.6) is 0 Å². The summed E-state index contributed by atoms with van der Waals surface area (Å²) in [6, 6.07) is 1.69. The van der Waals surface area contributed by atoms with Crippen LogP contribution < -0.4 is 11.1 Å². The monoisotopic (exact) mass is 284 g/mol. The highest BCUT2D eigenvalue weighted by molar-refractivity contribution is 5.95. The number of benzene rings is 1. The van der Waals surface area contributed by atoms with E-state index >= 15 is 0 Å². The normalized spacial score (nSPS) is 18.8. The lowest BCUT2D eigenvalue weighted by molar-refractivity contribution is 0.0117. The van der Waals surface area contributed by atoms with Gasteiger partial charge in [0.25, 0.3) is 5.91 Å². The maximum atomic E-state index is 13.6. The number of hydrogen-bond donors (Lipinski definition) is 2. The number of hydrogen-bond acceptors (Lipinski definition) is 3. The zero-order valence-corrected chi connectivity index (χ0v) is 11.1. The summed E-state index contributed by atoms with van der Waals surface area (Å²) >= 11 is 0. The van der Waals surface area contributed by atoms with Crippen molar-refractivity contribution in [3.05, 3.63) is 29.3 Å². The molecular formula is C14H18F2N2O2. The first-order valence-electron chi connectivity index (χ1n) is 6.72. The van der Waals surface area contributed by atoms with E-state index in [1.807, 2.05) is 0 Å². The van der Waals surface area contributed by atoms with E-state index in [1.54, 1.807) is 0 Å². The summed E-state index contributed by atoms with van der Waals surface area (Å²) in [5.74, 6) is -2.29. The molecular weight excluding hydrogens is 266 g/mol. The molecule has 1 unspecified atom stereocenters. The molecule has 2 rings (SSSR count). The van der Waals surface area contributed by atoms with Gasteiger partial charge in [-0.15, -0.1) is 0 Å². The smallest absolute Gasteiger partial charge is 0.254 e. The molecule has 4 nitrogen and oxygen atoms in total. The van der Waals surface area contributed by atoms with Crippen LogP contribution in [-0.4, -0.2) is 25.2 Å². The Balaban J connectivity index is 1.88. The van der Waals surface area contributed by atoms with Gasteiger partial charge < -0.3 is 15.8 Å². The Labute approximate surface area is 116 Å². The van der Waals surface area contributed by atoms with Crippen LogP contribution in [0.15, 0.2) is 12.1 Å². The maximum Gasteiger partial charge on any atom is 0.254 e. The molecule has 1 heterocycles. The number of nitrogens with one attached hydrogen (secondary N) is 1. The highest BCUT2D eigenvalue weighted by atomic mass is 19.1. The van der Waals surface area contributed by atoms with Crippen LogP contribution in [0.2, 0.25) is 0 Å². The lowest BCUT2D eigenvalue weighted by Crippen LogP contribution is -2.30. The SMILES string of the molecule is Nc1cc(F)cc(C(=O)NCCC2CCCCO2)c1F. The van der Waals surface area contributed by atoms with Crippen molar-refractivity contribution in [1.82, 2.24) is 5.32 Å². The standard InChI is InChI=1S/C14H18F2N2O2/c15-9-7-11(13(16)12(17)8-9)14(19)18-5-4-10-3-1-2-6-20-10/h7-8,10H,1-6,17H2,(H,18,19). The van der Waals surface area contributed by atoms with Gasteiger partial charge in [0.2, 0.25) is 0 Å². The minimum atomic E-state index is -0.891. The van der Waals surface area contributed by atoms with Crippen LogP contribution >= 0.6 is 0 Å². The van der Waals surface area contributed by atoms with Gasteiger partial charge in [-0.25, -0.2) is 8.78 Å². The number of rotatable bonds is 4. The molecule has 0 radical (unpaired) electrons. The van der Waals surface area contributed by atoms with Crippen molar-refractivity contribution in [2.45, 2.75) is 31.8 Å². The van der Waals surface area contributed by atoms with Crippen LogP contribution in [-0.2, 0) is 4.74 Å². The Kier molecular flexibility index (Phi) is 4.89. The number of ether oxygens (including phenoxy) is 1. The molecule has 0 aromatic heterocycles. The lowest BCUT2D eigenvalue weighted by Gasteiger charge is -2.22. The Morgan fingerprint density at radius 3 is 2.90 bits per heavy atom. The first kappa shape index (κ1) is 14.7.